The van der Waals surface area contributed by atoms with E-state index in [1.165, 1.54) is 4.90 Å². The lowest BCUT2D eigenvalue weighted by atomic mass is 10.1. The van der Waals surface area contributed by atoms with Gasteiger partial charge < -0.3 is 10.1 Å². The van der Waals surface area contributed by atoms with Gasteiger partial charge in [-0.2, -0.15) is 0 Å². The maximum Gasteiger partial charge on any atom is 0.259 e. The minimum absolute atomic E-state index is 0.0469. The van der Waals surface area contributed by atoms with Crippen molar-refractivity contribution in [2.45, 2.75) is 13.3 Å². The van der Waals surface area contributed by atoms with E-state index in [-0.39, 0.29) is 18.4 Å². The number of rotatable bonds is 6. The predicted octanol–water partition coefficient (Wildman–Crippen LogP) is 4.23. The predicted molar refractivity (Wildman–Crippen MR) is 106 cm³/mol. The average molecular weight is 360 g/mol. The lowest BCUT2D eigenvalue weighted by molar-refractivity contribution is -0.114. The van der Waals surface area contributed by atoms with Crippen LogP contribution >= 0.6 is 0 Å². The quantitative estimate of drug-likeness (QED) is 0.716. The summed E-state index contributed by atoms with van der Waals surface area (Å²) in [7, 11) is 0. The molecule has 1 aliphatic heterocycles. The fourth-order valence-electron chi connectivity index (χ4n) is 3.38. The molecule has 0 bridgehead atoms. The fourth-order valence-corrected chi connectivity index (χ4v) is 3.38. The van der Waals surface area contributed by atoms with Crippen molar-refractivity contribution in [3.63, 3.8) is 0 Å². The summed E-state index contributed by atoms with van der Waals surface area (Å²) >= 11 is 0. The Kier molecular flexibility index (Phi) is 4.50. The molecule has 4 rings (SSSR count). The minimum atomic E-state index is -0.263. The molecule has 0 saturated heterocycles. The van der Waals surface area contributed by atoms with Crippen LogP contribution in [0, 0.1) is 0 Å². The van der Waals surface area contributed by atoms with Crippen LogP contribution in [0.5, 0.6) is 5.75 Å². The zero-order valence-electron chi connectivity index (χ0n) is 15.1. The van der Waals surface area contributed by atoms with Crippen LogP contribution in [-0.4, -0.2) is 25.0 Å². The van der Waals surface area contributed by atoms with E-state index in [1.807, 2.05) is 55.5 Å². The van der Waals surface area contributed by atoms with Crippen LogP contribution < -0.4 is 15.0 Å². The van der Waals surface area contributed by atoms with Crippen molar-refractivity contribution in [1.29, 1.82) is 0 Å². The number of amides is 2. The van der Waals surface area contributed by atoms with Crippen molar-refractivity contribution in [2.75, 3.05) is 23.4 Å². The maximum atomic E-state index is 12.8. The maximum absolute atomic E-state index is 12.8. The van der Waals surface area contributed by atoms with Gasteiger partial charge in [-0.05, 0) is 36.1 Å². The average Bonchev–Trinajstić information content (AvgIpc) is 2.95. The molecule has 0 radical (unpaired) electrons. The summed E-state index contributed by atoms with van der Waals surface area (Å²) in [4.78, 5) is 27.0. The number of nitrogens with one attached hydrogen (secondary N) is 1. The Bertz CT molecular complexity index is 1020. The van der Waals surface area contributed by atoms with Crippen LogP contribution in [-0.2, 0) is 4.79 Å². The van der Waals surface area contributed by atoms with Gasteiger partial charge in [-0.1, -0.05) is 43.3 Å². The van der Waals surface area contributed by atoms with E-state index in [2.05, 4.69) is 5.32 Å². The van der Waals surface area contributed by atoms with E-state index < -0.39 is 0 Å². The largest absolute Gasteiger partial charge is 0.491 e. The van der Waals surface area contributed by atoms with Gasteiger partial charge in [0.15, 0.2) is 0 Å². The van der Waals surface area contributed by atoms with Crippen LogP contribution in [0.1, 0.15) is 23.7 Å². The monoisotopic (exact) mass is 360 g/mol. The van der Waals surface area contributed by atoms with Gasteiger partial charge in [-0.25, -0.2) is 0 Å². The number of para-hydroxylation sites is 2. The molecule has 3 aromatic carbocycles. The van der Waals surface area contributed by atoms with Gasteiger partial charge >= 0.3 is 0 Å². The molecule has 1 aliphatic rings. The van der Waals surface area contributed by atoms with Crippen molar-refractivity contribution in [2.24, 2.45) is 0 Å². The molecule has 0 fully saturated rings. The molecule has 2 amide bonds. The lowest BCUT2D eigenvalue weighted by Crippen LogP contribution is -2.35. The number of carbonyl (C=O) groups excluding carboxylic acids is 2. The Morgan fingerprint density at radius 2 is 1.81 bits per heavy atom. The first-order valence-electron chi connectivity index (χ1n) is 9.04. The summed E-state index contributed by atoms with van der Waals surface area (Å²) in [5, 5.41) is 4.77. The molecule has 0 aliphatic carbocycles. The topological polar surface area (TPSA) is 58.6 Å². The first kappa shape index (κ1) is 17.1. The highest BCUT2D eigenvalue weighted by Crippen LogP contribution is 2.37. The number of benzene rings is 3. The summed E-state index contributed by atoms with van der Waals surface area (Å²) in [5.41, 5.74) is 2.03. The number of anilines is 2. The molecule has 0 spiro atoms. The van der Waals surface area contributed by atoms with Gasteiger partial charge in [0.1, 0.15) is 12.3 Å². The second-order valence-corrected chi connectivity index (χ2v) is 6.46. The van der Waals surface area contributed by atoms with Crippen LogP contribution in [0.25, 0.3) is 10.8 Å². The van der Waals surface area contributed by atoms with E-state index >= 15 is 0 Å². The van der Waals surface area contributed by atoms with E-state index in [4.69, 9.17) is 4.74 Å². The Morgan fingerprint density at radius 1 is 1.04 bits per heavy atom. The first-order valence-corrected chi connectivity index (χ1v) is 9.04. The summed E-state index contributed by atoms with van der Waals surface area (Å²) in [6.45, 7) is 2.56. The van der Waals surface area contributed by atoms with E-state index in [1.54, 1.807) is 12.1 Å². The molecule has 0 aromatic heterocycles. The van der Waals surface area contributed by atoms with Gasteiger partial charge in [0, 0.05) is 10.9 Å². The molecule has 0 atom stereocenters. The standard InChI is InChI=1S/C22H20N2O3/c1-2-13-27-19-12-4-3-10-17(19)23-20(25)14-24-18-11-6-8-15-7-5-9-16(21(15)18)22(24)26/h3-12H,2,13-14H2,1H3,(H,23,25). The molecular formula is C22H20N2O3. The van der Waals surface area contributed by atoms with E-state index in [0.29, 0.717) is 23.6 Å². The van der Waals surface area contributed by atoms with Gasteiger partial charge in [0.25, 0.3) is 5.91 Å². The molecule has 1 N–H and O–H groups in total. The van der Waals surface area contributed by atoms with Crippen molar-refractivity contribution in [3.05, 3.63) is 66.2 Å². The Morgan fingerprint density at radius 3 is 2.63 bits per heavy atom. The third-order valence-electron chi connectivity index (χ3n) is 4.57. The molecule has 3 aromatic rings. The highest BCUT2D eigenvalue weighted by Gasteiger charge is 2.30. The molecule has 5 nitrogen and oxygen atoms in total. The van der Waals surface area contributed by atoms with Crippen LogP contribution in [0.2, 0.25) is 0 Å². The highest BCUT2D eigenvalue weighted by molar-refractivity contribution is 6.26. The van der Waals surface area contributed by atoms with Crippen molar-refractivity contribution in [3.8, 4) is 5.75 Å². The Balaban J connectivity index is 1.55. The summed E-state index contributed by atoms with van der Waals surface area (Å²) in [6, 6.07) is 18.7. The highest BCUT2D eigenvalue weighted by atomic mass is 16.5. The SMILES string of the molecule is CCCOc1ccccc1NC(=O)CN1C(=O)c2cccc3cccc1c23. The van der Waals surface area contributed by atoms with Gasteiger partial charge in [0.05, 0.1) is 18.0 Å². The van der Waals surface area contributed by atoms with Crippen molar-refractivity contribution < 1.29 is 14.3 Å². The smallest absolute Gasteiger partial charge is 0.259 e. The molecule has 1 heterocycles. The molecular weight excluding hydrogens is 340 g/mol. The lowest BCUT2D eigenvalue weighted by Gasteiger charge is -2.18. The van der Waals surface area contributed by atoms with Crippen LogP contribution in [0.15, 0.2) is 60.7 Å². The van der Waals surface area contributed by atoms with E-state index in [9.17, 15) is 9.59 Å². The normalized spacial score (nSPS) is 12.5. The van der Waals surface area contributed by atoms with Crippen molar-refractivity contribution in [1.82, 2.24) is 0 Å². The zero-order chi connectivity index (χ0) is 18.8. The fraction of sp³-hybridized carbons (Fsp3) is 0.182. The number of hydrogen-bond donors (Lipinski definition) is 1. The second-order valence-electron chi connectivity index (χ2n) is 6.46. The molecule has 0 unspecified atom stereocenters. The number of nitrogens with zero attached hydrogens (tertiary/aromatic N) is 1. The van der Waals surface area contributed by atoms with Gasteiger partial charge in [-0.3, -0.25) is 14.5 Å². The minimum Gasteiger partial charge on any atom is -0.491 e. The van der Waals surface area contributed by atoms with Crippen molar-refractivity contribution >= 4 is 34.0 Å². The molecule has 5 heteroatoms. The molecule has 27 heavy (non-hydrogen) atoms. The zero-order valence-corrected chi connectivity index (χ0v) is 15.1. The van der Waals surface area contributed by atoms with Crippen LogP contribution in [0.3, 0.4) is 0 Å². The van der Waals surface area contributed by atoms with Crippen LogP contribution in [0.4, 0.5) is 11.4 Å². The summed E-state index contributed by atoms with van der Waals surface area (Å²) in [6.07, 6.45) is 0.882. The Hall–Kier alpha value is -3.34. The first-order chi connectivity index (χ1) is 13.2. The molecule has 0 saturated carbocycles. The van der Waals surface area contributed by atoms with Gasteiger partial charge in [-0.15, -0.1) is 0 Å². The summed E-state index contributed by atoms with van der Waals surface area (Å²) < 4.78 is 5.68. The van der Waals surface area contributed by atoms with Gasteiger partial charge in [0.2, 0.25) is 5.91 Å². The third-order valence-corrected chi connectivity index (χ3v) is 4.57. The number of ether oxygens (including phenoxy) is 1. The second kappa shape index (κ2) is 7.11. The molecule has 136 valence electrons. The van der Waals surface area contributed by atoms with E-state index in [0.717, 1.165) is 22.9 Å². The number of carbonyl (C=O) groups is 2. The summed E-state index contributed by atoms with van der Waals surface area (Å²) in [5.74, 6) is 0.221. The third kappa shape index (κ3) is 3.12. The Labute approximate surface area is 157 Å². The number of hydrogen-bond acceptors (Lipinski definition) is 3.